The molecule has 2 aromatic carbocycles. The van der Waals surface area contributed by atoms with Gasteiger partial charge in [0.25, 0.3) is 0 Å². The van der Waals surface area contributed by atoms with Gasteiger partial charge in [0.2, 0.25) is 10.7 Å². The second-order valence-corrected chi connectivity index (χ2v) is 6.79. The van der Waals surface area contributed by atoms with E-state index in [4.69, 9.17) is 17.0 Å². The third-order valence-electron chi connectivity index (χ3n) is 4.55. The molecule has 0 spiro atoms. The molecule has 0 amide bonds. The first kappa shape index (κ1) is 20.2. The van der Waals surface area contributed by atoms with Crippen LogP contribution in [0.1, 0.15) is 30.5 Å². The fourth-order valence-corrected chi connectivity index (χ4v) is 3.32. The van der Waals surface area contributed by atoms with Gasteiger partial charge >= 0.3 is 0 Å². The summed E-state index contributed by atoms with van der Waals surface area (Å²) in [6.45, 7) is 6.08. The van der Waals surface area contributed by atoms with Gasteiger partial charge in [0.1, 0.15) is 6.33 Å². The van der Waals surface area contributed by atoms with Crippen LogP contribution in [-0.4, -0.2) is 27.7 Å². The Bertz CT molecular complexity index is 934. The number of hydrogen-bond donors (Lipinski definition) is 1. The zero-order valence-electron chi connectivity index (χ0n) is 16.4. The van der Waals surface area contributed by atoms with Crippen molar-refractivity contribution >= 4 is 18.2 Å². The maximum absolute atomic E-state index is 5.68. The summed E-state index contributed by atoms with van der Waals surface area (Å²) in [6.07, 6.45) is 3.63. The molecule has 6 heteroatoms. The summed E-state index contributed by atoms with van der Waals surface area (Å²) in [6, 6.07) is 16.5. The van der Waals surface area contributed by atoms with Gasteiger partial charge in [0, 0.05) is 6.54 Å². The molecule has 3 aromatic rings. The summed E-state index contributed by atoms with van der Waals surface area (Å²) in [4.78, 5) is 8.90. The lowest BCUT2D eigenvalue weighted by atomic mass is 10.0. The van der Waals surface area contributed by atoms with E-state index in [9.17, 15) is 0 Å². The highest BCUT2D eigenvalue weighted by molar-refractivity contribution is 7.71. The lowest BCUT2D eigenvalue weighted by Gasteiger charge is -2.16. The van der Waals surface area contributed by atoms with Crippen LogP contribution in [0.4, 0.5) is 5.95 Å². The molecule has 0 unspecified atom stereocenters. The van der Waals surface area contributed by atoms with E-state index in [-0.39, 0.29) is 0 Å². The van der Waals surface area contributed by atoms with Gasteiger partial charge < -0.3 is 10.1 Å². The zero-order valence-corrected chi connectivity index (χ0v) is 17.2. The van der Waals surface area contributed by atoms with Gasteiger partial charge in [-0.2, -0.15) is 4.98 Å². The highest BCUT2D eigenvalue weighted by Gasteiger charge is 2.10. The third-order valence-corrected chi connectivity index (χ3v) is 4.84. The summed E-state index contributed by atoms with van der Waals surface area (Å²) in [5.74, 6) is 0.525. The van der Waals surface area contributed by atoms with Crippen molar-refractivity contribution in [2.45, 2.75) is 33.3 Å². The lowest BCUT2D eigenvalue weighted by Crippen LogP contribution is -2.14. The van der Waals surface area contributed by atoms with Gasteiger partial charge in [-0.05, 0) is 41.7 Å². The molecule has 1 aromatic heterocycles. The van der Waals surface area contributed by atoms with Gasteiger partial charge in [0.15, 0.2) is 0 Å². The molecule has 0 saturated carbocycles. The standard InChI is InChI=1S/C22H26N4OS/c1-3-18-11-8-12-19(4-2)20(18)26-16-24-21(25-22(26)28)23-13-14-27-15-17-9-6-5-7-10-17/h5-12,16H,3-4,13-15H2,1-2H3,(H,23,25,28). The number of nitrogens with one attached hydrogen (secondary N) is 1. The molecule has 0 saturated heterocycles. The number of ether oxygens (including phenoxy) is 1. The fraction of sp³-hybridized carbons (Fsp3) is 0.318. The van der Waals surface area contributed by atoms with Gasteiger partial charge in [-0.3, -0.25) is 4.57 Å². The van der Waals surface area contributed by atoms with Crippen LogP contribution < -0.4 is 5.32 Å². The molecule has 1 N–H and O–H groups in total. The van der Waals surface area contributed by atoms with E-state index in [2.05, 4.69) is 59.5 Å². The van der Waals surface area contributed by atoms with E-state index < -0.39 is 0 Å². The number of nitrogens with zero attached hydrogens (tertiary/aromatic N) is 3. The molecule has 0 radical (unpaired) electrons. The minimum absolute atomic E-state index is 0.498. The van der Waals surface area contributed by atoms with E-state index in [1.54, 1.807) is 6.33 Å². The smallest absolute Gasteiger partial charge is 0.226 e. The van der Waals surface area contributed by atoms with Crippen molar-refractivity contribution in [1.29, 1.82) is 0 Å². The normalized spacial score (nSPS) is 10.8. The van der Waals surface area contributed by atoms with Crippen LogP contribution in [0.3, 0.4) is 0 Å². The van der Waals surface area contributed by atoms with Crippen molar-refractivity contribution in [1.82, 2.24) is 14.5 Å². The molecule has 0 bridgehead atoms. The maximum Gasteiger partial charge on any atom is 0.226 e. The first-order chi connectivity index (χ1) is 13.7. The Balaban J connectivity index is 1.63. The van der Waals surface area contributed by atoms with E-state index in [1.807, 2.05) is 22.8 Å². The largest absolute Gasteiger partial charge is 0.375 e. The van der Waals surface area contributed by atoms with Gasteiger partial charge in [-0.25, -0.2) is 4.98 Å². The molecule has 0 fully saturated rings. The molecule has 5 nitrogen and oxygen atoms in total. The number of para-hydroxylation sites is 1. The Morgan fingerprint density at radius 1 is 1.00 bits per heavy atom. The number of aryl methyl sites for hydroxylation is 2. The van der Waals surface area contributed by atoms with Crippen LogP contribution >= 0.6 is 12.2 Å². The number of anilines is 1. The summed E-state index contributed by atoms with van der Waals surface area (Å²) >= 11 is 5.54. The first-order valence-corrected chi connectivity index (χ1v) is 10.1. The Morgan fingerprint density at radius 2 is 1.71 bits per heavy atom. The Hall–Kier alpha value is -2.57. The molecule has 1 heterocycles. The Labute approximate surface area is 171 Å². The number of aromatic nitrogens is 3. The van der Waals surface area contributed by atoms with Crippen molar-refractivity contribution in [3.63, 3.8) is 0 Å². The molecule has 3 rings (SSSR count). The van der Waals surface area contributed by atoms with E-state index in [0.29, 0.717) is 30.5 Å². The van der Waals surface area contributed by atoms with E-state index in [0.717, 1.165) is 24.1 Å². The van der Waals surface area contributed by atoms with Gasteiger partial charge in [0.05, 0.1) is 18.9 Å². The third kappa shape index (κ3) is 5.03. The highest BCUT2D eigenvalue weighted by Crippen LogP contribution is 2.21. The van der Waals surface area contributed by atoms with Crippen LogP contribution in [-0.2, 0) is 24.2 Å². The minimum Gasteiger partial charge on any atom is -0.375 e. The van der Waals surface area contributed by atoms with Crippen LogP contribution in [0.2, 0.25) is 0 Å². The molecule has 0 aliphatic rings. The average molecular weight is 395 g/mol. The van der Waals surface area contributed by atoms with Crippen LogP contribution in [0.15, 0.2) is 54.9 Å². The first-order valence-electron chi connectivity index (χ1n) is 9.65. The number of benzene rings is 2. The van der Waals surface area contributed by atoms with E-state index in [1.165, 1.54) is 11.1 Å². The van der Waals surface area contributed by atoms with Gasteiger partial charge in [-0.1, -0.05) is 62.4 Å². The highest BCUT2D eigenvalue weighted by atomic mass is 32.1. The summed E-state index contributed by atoms with van der Waals surface area (Å²) in [5.41, 5.74) is 4.76. The SMILES string of the molecule is CCc1cccc(CC)c1-n1cnc(NCCOCc2ccccc2)nc1=S. The van der Waals surface area contributed by atoms with Crippen LogP contribution in [0.25, 0.3) is 5.69 Å². The fourth-order valence-electron chi connectivity index (χ4n) is 3.10. The molecule has 0 aliphatic heterocycles. The zero-order chi connectivity index (χ0) is 19.8. The summed E-state index contributed by atoms with van der Waals surface area (Å²) in [7, 11) is 0. The van der Waals surface area contributed by atoms with Crippen molar-refractivity contribution in [3.05, 3.63) is 76.3 Å². The molecular weight excluding hydrogens is 368 g/mol. The predicted octanol–water partition coefficient (Wildman–Crippen LogP) is 4.75. The average Bonchev–Trinajstić information content (AvgIpc) is 2.74. The molecule has 28 heavy (non-hydrogen) atoms. The van der Waals surface area contributed by atoms with Crippen LogP contribution in [0.5, 0.6) is 0 Å². The molecule has 146 valence electrons. The predicted molar refractivity (Wildman–Crippen MR) is 116 cm³/mol. The lowest BCUT2D eigenvalue weighted by molar-refractivity contribution is 0.130. The summed E-state index contributed by atoms with van der Waals surface area (Å²) < 4.78 is 8.08. The second kappa shape index (κ2) is 10.1. The second-order valence-electron chi connectivity index (χ2n) is 6.43. The topological polar surface area (TPSA) is 52.0 Å². The van der Waals surface area contributed by atoms with Gasteiger partial charge in [-0.15, -0.1) is 0 Å². The molecule has 0 atom stereocenters. The quantitative estimate of drug-likeness (QED) is 0.419. The number of rotatable bonds is 9. The molecule has 0 aliphatic carbocycles. The van der Waals surface area contributed by atoms with Crippen molar-refractivity contribution in [2.75, 3.05) is 18.5 Å². The Morgan fingerprint density at radius 3 is 2.36 bits per heavy atom. The van der Waals surface area contributed by atoms with Crippen molar-refractivity contribution < 1.29 is 4.74 Å². The monoisotopic (exact) mass is 394 g/mol. The number of hydrogen-bond acceptors (Lipinski definition) is 5. The minimum atomic E-state index is 0.498. The Kier molecular flexibility index (Phi) is 7.28. The van der Waals surface area contributed by atoms with Crippen molar-refractivity contribution in [3.8, 4) is 5.69 Å². The van der Waals surface area contributed by atoms with Crippen LogP contribution in [0, 0.1) is 4.77 Å². The van der Waals surface area contributed by atoms with E-state index >= 15 is 0 Å². The maximum atomic E-state index is 5.68. The van der Waals surface area contributed by atoms with Crippen molar-refractivity contribution in [2.24, 2.45) is 0 Å². The summed E-state index contributed by atoms with van der Waals surface area (Å²) in [5, 5.41) is 3.18. The molecular formula is C22H26N4OS.